The van der Waals surface area contributed by atoms with Crippen molar-refractivity contribution >= 4 is 36.1 Å². The van der Waals surface area contributed by atoms with E-state index in [-0.39, 0.29) is 0 Å². The second-order valence-electron chi connectivity index (χ2n) is 3.70. The van der Waals surface area contributed by atoms with Crippen molar-refractivity contribution in [3.63, 3.8) is 0 Å². The summed E-state index contributed by atoms with van der Waals surface area (Å²) in [7, 11) is 0. The van der Waals surface area contributed by atoms with Crippen molar-refractivity contribution in [1.29, 1.82) is 0 Å². The molecule has 0 bridgehead atoms. The summed E-state index contributed by atoms with van der Waals surface area (Å²) >= 11 is -3.41. The molecule has 0 amide bonds. The molecule has 4 N–H and O–H groups in total. The van der Waals surface area contributed by atoms with E-state index in [0.717, 1.165) is 0 Å². The van der Waals surface area contributed by atoms with Crippen LogP contribution in [0.3, 0.4) is 0 Å². The quantitative estimate of drug-likeness (QED) is 0.629. The SMILES string of the molecule is C=[CH][Sn]([CH]=C)([CH]=C)[O]C(=O)c1ccc(N)c(N)c1. The molecule has 5 heteroatoms. The molecule has 0 aliphatic rings. The van der Waals surface area contributed by atoms with Gasteiger partial charge in [0, 0.05) is 0 Å². The van der Waals surface area contributed by atoms with Crippen molar-refractivity contribution < 1.29 is 7.87 Å². The fourth-order valence-electron chi connectivity index (χ4n) is 1.30. The van der Waals surface area contributed by atoms with Crippen LogP contribution in [0.25, 0.3) is 0 Å². The van der Waals surface area contributed by atoms with E-state index in [9.17, 15) is 4.79 Å². The molecule has 94 valence electrons. The van der Waals surface area contributed by atoms with E-state index in [1.165, 1.54) is 6.07 Å². The summed E-state index contributed by atoms with van der Waals surface area (Å²) in [6.07, 6.45) is 0. The van der Waals surface area contributed by atoms with Crippen LogP contribution in [-0.2, 0) is 3.07 Å². The molecular formula is C13H16N2O2Sn. The number of carbonyl (C=O) groups excluding carboxylic acids is 1. The number of nitrogen functional groups attached to an aromatic ring is 2. The Morgan fingerprint density at radius 3 is 2.11 bits per heavy atom. The zero-order valence-corrected chi connectivity index (χ0v) is 12.9. The molecular weight excluding hydrogens is 335 g/mol. The average Bonchev–Trinajstić information content (AvgIpc) is 2.39. The van der Waals surface area contributed by atoms with Crippen LogP contribution in [0.4, 0.5) is 11.4 Å². The number of rotatable bonds is 5. The fraction of sp³-hybridized carbons (Fsp3) is 0. The molecule has 18 heavy (non-hydrogen) atoms. The van der Waals surface area contributed by atoms with Gasteiger partial charge >= 0.3 is 111 Å². The molecule has 0 heterocycles. The zero-order valence-electron chi connectivity index (χ0n) is 10.1. The summed E-state index contributed by atoms with van der Waals surface area (Å²) in [6.45, 7) is 11.0. The van der Waals surface area contributed by atoms with E-state index < -0.39 is 24.8 Å². The summed E-state index contributed by atoms with van der Waals surface area (Å²) in [4.78, 5) is 12.0. The predicted octanol–water partition coefficient (Wildman–Crippen LogP) is 2.13. The average molecular weight is 351 g/mol. The van der Waals surface area contributed by atoms with Gasteiger partial charge in [0.1, 0.15) is 0 Å². The molecule has 0 spiro atoms. The first-order chi connectivity index (χ1) is 8.48. The molecule has 0 aliphatic carbocycles. The van der Waals surface area contributed by atoms with Crippen LogP contribution in [0.2, 0.25) is 0 Å². The Labute approximate surface area is 111 Å². The third-order valence-electron chi connectivity index (χ3n) is 2.55. The maximum atomic E-state index is 12.0. The first kappa shape index (κ1) is 14.4. The van der Waals surface area contributed by atoms with Crippen molar-refractivity contribution in [2.24, 2.45) is 0 Å². The van der Waals surface area contributed by atoms with E-state index in [4.69, 9.17) is 14.5 Å². The number of hydrogen-bond donors (Lipinski definition) is 2. The van der Waals surface area contributed by atoms with Gasteiger partial charge in [-0.15, -0.1) is 0 Å². The minimum absolute atomic E-state index is 0.348. The monoisotopic (exact) mass is 352 g/mol. The van der Waals surface area contributed by atoms with E-state index in [1.807, 2.05) is 0 Å². The third kappa shape index (κ3) is 2.95. The van der Waals surface area contributed by atoms with Crippen LogP contribution in [0, 0.1) is 0 Å². The number of hydrogen-bond acceptors (Lipinski definition) is 4. The van der Waals surface area contributed by atoms with Gasteiger partial charge in [0.25, 0.3) is 0 Å². The number of nitrogens with two attached hydrogens (primary N) is 2. The van der Waals surface area contributed by atoms with Crippen molar-refractivity contribution in [3.05, 3.63) is 55.8 Å². The molecule has 1 aromatic carbocycles. The molecule has 0 unspecified atom stereocenters. The normalized spacial score (nSPS) is 10.4. The Morgan fingerprint density at radius 1 is 1.11 bits per heavy atom. The molecule has 0 saturated heterocycles. The first-order valence-corrected chi connectivity index (χ1v) is 11.4. The second kappa shape index (κ2) is 5.77. The van der Waals surface area contributed by atoms with Crippen molar-refractivity contribution in [2.75, 3.05) is 11.5 Å². The van der Waals surface area contributed by atoms with E-state index in [0.29, 0.717) is 16.9 Å². The zero-order chi connectivity index (χ0) is 13.8. The molecule has 0 atom stereocenters. The van der Waals surface area contributed by atoms with E-state index in [1.54, 1.807) is 24.4 Å². The molecule has 1 aromatic rings. The summed E-state index contributed by atoms with van der Waals surface area (Å²) < 4.78 is 10.4. The Morgan fingerprint density at radius 2 is 1.67 bits per heavy atom. The Bertz CT molecular complexity index is 490. The summed E-state index contributed by atoms with van der Waals surface area (Å²) in [5.74, 6) is -0.461. The Kier molecular flexibility index (Phi) is 4.61. The molecule has 4 nitrogen and oxygen atoms in total. The van der Waals surface area contributed by atoms with Crippen LogP contribution in [0.5, 0.6) is 0 Å². The summed E-state index contributed by atoms with van der Waals surface area (Å²) in [6, 6.07) is 4.63. The fourth-order valence-corrected chi connectivity index (χ4v) is 4.69. The molecule has 0 fully saturated rings. The van der Waals surface area contributed by atoms with Crippen LogP contribution < -0.4 is 11.5 Å². The molecule has 1 rings (SSSR count). The van der Waals surface area contributed by atoms with Crippen LogP contribution >= 0.6 is 0 Å². The second-order valence-corrected chi connectivity index (χ2v) is 12.6. The summed E-state index contributed by atoms with van der Waals surface area (Å²) in [5.41, 5.74) is 12.4. The topological polar surface area (TPSA) is 78.3 Å². The third-order valence-corrected chi connectivity index (χ3v) is 9.55. The Balaban J connectivity index is 3.01. The van der Waals surface area contributed by atoms with Gasteiger partial charge in [-0.3, -0.25) is 0 Å². The van der Waals surface area contributed by atoms with Crippen molar-refractivity contribution in [3.8, 4) is 0 Å². The predicted molar refractivity (Wildman–Crippen MR) is 77.0 cm³/mol. The van der Waals surface area contributed by atoms with Crippen molar-refractivity contribution in [1.82, 2.24) is 0 Å². The molecule has 0 saturated carbocycles. The minimum atomic E-state index is -3.41. The molecule has 0 aliphatic heterocycles. The summed E-state index contributed by atoms with van der Waals surface area (Å²) in [5, 5.41) is 0. The van der Waals surface area contributed by atoms with Gasteiger partial charge in [0.15, 0.2) is 0 Å². The number of carbonyl (C=O) groups is 1. The first-order valence-electron chi connectivity index (χ1n) is 5.27. The van der Waals surface area contributed by atoms with Gasteiger partial charge in [0.2, 0.25) is 0 Å². The van der Waals surface area contributed by atoms with Gasteiger partial charge in [-0.1, -0.05) is 0 Å². The van der Waals surface area contributed by atoms with Gasteiger partial charge in [-0.25, -0.2) is 0 Å². The standard InChI is InChI=1S/C7H8N2O2.3C2H3.Sn/c8-5-2-1-4(7(10)11)3-6(5)9;3*1-2;/h1-3H,8-9H2,(H,10,11);3*1H,2H2;/q;;;;+1/p-1. The maximum absolute atomic E-state index is 12.0. The Hall–Kier alpha value is -1.69. The number of anilines is 2. The molecule has 0 radical (unpaired) electrons. The molecule has 0 aromatic heterocycles. The van der Waals surface area contributed by atoms with Crippen LogP contribution in [-0.4, -0.2) is 24.8 Å². The van der Waals surface area contributed by atoms with Gasteiger partial charge in [-0.05, 0) is 0 Å². The van der Waals surface area contributed by atoms with Gasteiger partial charge < -0.3 is 0 Å². The van der Waals surface area contributed by atoms with Crippen molar-refractivity contribution in [2.45, 2.75) is 0 Å². The van der Waals surface area contributed by atoms with Gasteiger partial charge in [-0.2, -0.15) is 0 Å². The number of benzene rings is 1. The van der Waals surface area contributed by atoms with Crippen LogP contribution in [0.15, 0.2) is 50.2 Å². The van der Waals surface area contributed by atoms with Crippen LogP contribution in [0.1, 0.15) is 10.4 Å². The van der Waals surface area contributed by atoms with Gasteiger partial charge in [0.05, 0.1) is 0 Å². The van der Waals surface area contributed by atoms with E-state index in [2.05, 4.69) is 19.7 Å². The van der Waals surface area contributed by atoms with E-state index >= 15 is 0 Å².